The van der Waals surface area contributed by atoms with Gasteiger partial charge in [0.25, 0.3) is 0 Å². The summed E-state index contributed by atoms with van der Waals surface area (Å²) in [4.78, 5) is 13.3. The minimum absolute atomic E-state index is 0.0254. The zero-order chi connectivity index (χ0) is 32.5. The second-order valence-corrected chi connectivity index (χ2v) is 16.3. The fourth-order valence-corrected chi connectivity index (χ4v) is 10.7. The highest BCUT2D eigenvalue weighted by Crippen LogP contribution is 2.67. The van der Waals surface area contributed by atoms with Crippen LogP contribution in [-0.4, -0.2) is 18.7 Å². The van der Waals surface area contributed by atoms with Crippen molar-refractivity contribution in [1.29, 1.82) is 0 Å². The highest BCUT2D eigenvalue weighted by atomic mass is 16.5. The van der Waals surface area contributed by atoms with E-state index in [0.29, 0.717) is 17.6 Å². The molecule has 1 unspecified atom stereocenters. The lowest BCUT2D eigenvalue weighted by Gasteiger charge is -2.58. The second-order valence-electron chi connectivity index (χ2n) is 16.3. The van der Waals surface area contributed by atoms with Crippen LogP contribution in [0, 0.1) is 46.3 Å². The summed E-state index contributed by atoms with van der Waals surface area (Å²) >= 11 is 0. The molecule has 3 heteroatoms. The molecule has 2 aromatic rings. The zero-order valence-corrected chi connectivity index (χ0v) is 29.2. The third-order valence-corrected chi connectivity index (χ3v) is 13.2. The van der Waals surface area contributed by atoms with Gasteiger partial charge in [0, 0.05) is 6.42 Å². The molecule has 248 valence electrons. The summed E-state index contributed by atoms with van der Waals surface area (Å²) in [5, 5.41) is 0. The summed E-state index contributed by atoms with van der Waals surface area (Å²) in [5.41, 5.74) is 5.15. The van der Waals surface area contributed by atoms with Crippen LogP contribution in [0.25, 0.3) is 11.1 Å². The SMILES string of the molecule is C=CCOc1ccc(-c2ccc(C(=O)OC3CC[C@@]4(C)C(=CC[C@H]5[C@@H]6CC[C@H]([C@H](C)CCCC(C)C)[C@@]6(C)CC[C@@H]54)C3)cc2)cc1. The molecule has 0 heterocycles. The highest BCUT2D eigenvalue weighted by Gasteiger charge is 2.59. The van der Waals surface area contributed by atoms with Crippen LogP contribution in [0.5, 0.6) is 5.75 Å². The Kier molecular flexibility index (Phi) is 9.88. The molecule has 0 spiro atoms. The molecule has 3 fully saturated rings. The Morgan fingerprint density at radius 1 is 0.913 bits per heavy atom. The van der Waals surface area contributed by atoms with E-state index < -0.39 is 0 Å². The molecule has 0 aromatic heterocycles. The first kappa shape index (κ1) is 33.1. The number of fused-ring (bicyclic) bond motifs is 5. The zero-order valence-electron chi connectivity index (χ0n) is 29.2. The minimum atomic E-state index is -0.199. The molecule has 0 amide bonds. The van der Waals surface area contributed by atoms with Gasteiger partial charge in [0.15, 0.2) is 0 Å². The quantitative estimate of drug-likeness (QED) is 0.185. The lowest BCUT2D eigenvalue weighted by atomic mass is 9.47. The summed E-state index contributed by atoms with van der Waals surface area (Å²) in [6.07, 6.45) is 18.4. The van der Waals surface area contributed by atoms with Gasteiger partial charge in [-0.2, -0.15) is 0 Å². The van der Waals surface area contributed by atoms with Gasteiger partial charge in [-0.15, -0.1) is 0 Å². The van der Waals surface area contributed by atoms with E-state index in [1.165, 1.54) is 51.4 Å². The Balaban J connectivity index is 1.06. The summed E-state index contributed by atoms with van der Waals surface area (Å²) in [7, 11) is 0. The van der Waals surface area contributed by atoms with E-state index in [1.54, 1.807) is 11.6 Å². The van der Waals surface area contributed by atoms with E-state index in [1.807, 2.05) is 48.5 Å². The van der Waals surface area contributed by atoms with Gasteiger partial charge in [-0.25, -0.2) is 4.79 Å². The van der Waals surface area contributed by atoms with E-state index in [2.05, 4.69) is 47.3 Å². The van der Waals surface area contributed by atoms with Crippen LogP contribution >= 0.6 is 0 Å². The van der Waals surface area contributed by atoms with Crippen molar-refractivity contribution < 1.29 is 14.3 Å². The number of carbonyl (C=O) groups is 1. The van der Waals surface area contributed by atoms with Crippen molar-refractivity contribution in [2.45, 2.75) is 111 Å². The summed E-state index contributed by atoms with van der Waals surface area (Å²) in [5.74, 6) is 5.68. The molecule has 3 saturated carbocycles. The van der Waals surface area contributed by atoms with Gasteiger partial charge in [-0.05, 0) is 127 Å². The Labute approximate surface area is 279 Å². The number of benzene rings is 2. The highest BCUT2D eigenvalue weighted by molar-refractivity contribution is 5.90. The van der Waals surface area contributed by atoms with E-state index in [-0.39, 0.29) is 17.5 Å². The molecule has 0 saturated heterocycles. The largest absolute Gasteiger partial charge is 0.490 e. The molecular formula is C43H58O3. The van der Waals surface area contributed by atoms with Crippen molar-refractivity contribution in [2.75, 3.05) is 6.61 Å². The Bertz CT molecular complexity index is 1390. The van der Waals surface area contributed by atoms with Gasteiger partial charge < -0.3 is 9.47 Å². The van der Waals surface area contributed by atoms with Gasteiger partial charge in [0.1, 0.15) is 18.5 Å². The van der Waals surface area contributed by atoms with Crippen molar-refractivity contribution in [3.05, 3.63) is 78.4 Å². The van der Waals surface area contributed by atoms with Crippen molar-refractivity contribution in [3.8, 4) is 16.9 Å². The first-order valence-corrected chi connectivity index (χ1v) is 18.5. The van der Waals surface area contributed by atoms with Crippen LogP contribution in [0.15, 0.2) is 72.8 Å². The summed E-state index contributed by atoms with van der Waals surface area (Å²) in [6.45, 7) is 16.7. The van der Waals surface area contributed by atoms with Gasteiger partial charge in [0.05, 0.1) is 5.56 Å². The van der Waals surface area contributed by atoms with Crippen LogP contribution < -0.4 is 4.74 Å². The van der Waals surface area contributed by atoms with Crippen molar-refractivity contribution in [1.82, 2.24) is 0 Å². The van der Waals surface area contributed by atoms with E-state index in [4.69, 9.17) is 9.47 Å². The number of ether oxygens (including phenoxy) is 2. The normalized spacial score (nSPS) is 32.5. The van der Waals surface area contributed by atoms with E-state index in [0.717, 1.165) is 71.6 Å². The molecule has 0 aliphatic heterocycles. The molecular weight excluding hydrogens is 564 g/mol. The number of rotatable bonds is 11. The minimum Gasteiger partial charge on any atom is -0.490 e. The molecule has 2 aromatic carbocycles. The first-order chi connectivity index (χ1) is 22.1. The number of hydrogen-bond acceptors (Lipinski definition) is 3. The molecule has 46 heavy (non-hydrogen) atoms. The van der Waals surface area contributed by atoms with Crippen LogP contribution in [0.1, 0.15) is 116 Å². The average molecular weight is 623 g/mol. The van der Waals surface area contributed by atoms with Gasteiger partial charge >= 0.3 is 5.97 Å². The Morgan fingerprint density at radius 3 is 2.33 bits per heavy atom. The van der Waals surface area contributed by atoms with Crippen LogP contribution in [0.4, 0.5) is 0 Å². The third-order valence-electron chi connectivity index (χ3n) is 13.2. The molecule has 4 aliphatic carbocycles. The van der Waals surface area contributed by atoms with Crippen LogP contribution in [-0.2, 0) is 4.74 Å². The fourth-order valence-electron chi connectivity index (χ4n) is 10.7. The van der Waals surface area contributed by atoms with E-state index >= 15 is 0 Å². The predicted molar refractivity (Wildman–Crippen MR) is 190 cm³/mol. The number of hydrogen-bond donors (Lipinski definition) is 0. The van der Waals surface area contributed by atoms with Crippen molar-refractivity contribution in [3.63, 3.8) is 0 Å². The topological polar surface area (TPSA) is 35.5 Å². The monoisotopic (exact) mass is 622 g/mol. The lowest BCUT2D eigenvalue weighted by molar-refractivity contribution is -0.0594. The number of allylic oxidation sites excluding steroid dienone is 1. The molecule has 8 atom stereocenters. The average Bonchev–Trinajstić information content (AvgIpc) is 3.41. The Morgan fingerprint density at radius 2 is 1.63 bits per heavy atom. The predicted octanol–water partition coefficient (Wildman–Crippen LogP) is 11.5. The molecule has 0 radical (unpaired) electrons. The molecule has 0 bridgehead atoms. The van der Waals surface area contributed by atoms with Gasteiger partial charge in [-0.1, -0.05) is 102 Å². The number of carbonyl (C=O) groups excluding carboxylic acids is 1. The lowest BCUT2D eigenvalue weighted by Crippen LogP contribution is -2.51. The first-order valence-electron chi connectivity index (χ1n) is 18.5. The molecule has 0 N–H and O–H groups in total. The maximum Gasteiger partial charge on any atom is 0.338 e. The Hall–Kier alpha value is -2.81. The third kappa shape index (κ3) is 6.50. The van der Waals surface area contributed by atoms with Gasteiger partial charge in [-0.3, -0.25) is 0 Å². The molecule has 3 nitrogen and oxygen atoms in total. The van der Waals surface area contributed by atoms with Gasteiger partial charge in [0.2, 0.25) is 0 Å². The van der Waals surface area contributed by atoms with Crippen molar-refractivity contribution >= 4 is 5.97 Å². The maximum absolute atomic E-state index is 13.3. The number of esters is 1. The summed E-state index contributed by atoms with van der Waals surface area (Å²) < 4.78 is 11.8. The standard InChI is InChI=1S/C43H58O3/c1-7-27-45-35-18-15-32(16-19-35)31-11-13-33(14-12-31)41(44)46-36-23-25-42(5)34(28-36)17-20-37-39-22-21-38(30(4)10-8-9-29(2)3)43(39,6)26-24-40(37)42/h7,11-19,29-30,36-40H,1,8-10,20-28H2,2-6H3/t30-,36?,37+,38-,39+,40+,42+,43-/m1/s1. The van der Waals surface area contributed by atoms with E-state index in [9.17, 15) is 4.79 Å². The van der Waals surface area contributed by atoms with Crippen LogP contribution in [0.3, 0.4) is 0 Å². The summed E-state index contributed by atoms with van der Waals surface area (Å²) in [6, 6.07) is 15.8. The maximum atomic E-state index is 13.3. The fraction of sp³-hybridized carbons (Fsp3) is 0.605. The second kappa shape index (κ2) is 13.7. The van der Waals surface area contributed by atoms with Crippen LogP contribution in [0.2, 0.25) is 0 Å². The smallest absolute Gasteiger partial charge is 0.338 e. The molecule has 4 aliphatic rings. The molecule has 6 rings (SSSR count). The van der Waals surface area contributed by atoms with Crippen molar-refractivity contribution in [2.24, 2.45) is 46.3 Å².